The van der Waals surface area contributed by atoms with E-state index in [2.05, 4.69) is 16.7 Å². The molecule has 2 amide bonds. The number of rotatable bonds is 3. The summed E-state index contributed by atoms with van der Waals surface area (Å²) in [6.45, 7) is 7.95. The minimum absolute atomic E-state index is 0.101. The standard InChI is InChI=1S/C14H19N3O/c1-9(2)11(4)16-14(18)17-13-7-12(8-15)6-5-10(13)3/h5-7,9,11H,1-4H3,(H2,16,17,18)/t11-/m1/s1. The van der Waals surface area contributed by atoms with Gasteiger partial charge in [-0.1, -0.05) is 19.9 Å². The Balaban J connectivity index is 2.73. The normalized spacial score (nSPS) is 11.8. The zero-order valence-corrected chi connectivity index (χ0v) is 11.2. The second kappa shape index (κ2) is 6.06. The molecular formula is C14H19N3O. The van der Waals surface area contributed by atoms with Gasteiger partial charge in [0.05, 0.1) is 11.6 Å². The molecule has 1 rings (SSSR count). The Kier molecular flexibility index (Phi) is 4.73. The van der Waals surface area contributed by atoms with Crippen LogP contribution in [0.25, 0.3) is 0 Å². The molecule has 96 valence electrons. The van der Waals surface area contributed by atoms with Crippen LogP contribution in [0.1, 0.15) is 31.9 Å². The van der Waals surface area contributed by atoms with E-state index in [9.17, 15) is 4.79 Å². The summed E-state index contributed by atoms with van der Waals surface area (Å²) in [5.41, 5.74) is 2.14. The molecule has 0 spiro atoms. The van der Waals surface area contributed by atoms with Crippen molar-refractivity contribution < 1.29 is 4.79 Å². The molecule has 0 unspecified atom stereocenters. The number of nitrogens with one attached hydrogen (secondary N) is 2. The molecular weight excluding hydrogens is 226 g/mol. The molecule has 0 radical (unpaired) electrons. The zero-order chi connectivity index (χ0) is 13.7. The van der Waals surface area contributed by atoms with E-state index in [1.807, 2.05) is 33.8 Å². The number of hydrogen-bond acceptors (Lipinski definition) is 2. The fourth-order valence-corrected chi connectivity index (χ4v) is 1.36. The quantitative estimate of drug-likeness (QED) is 0.859. The van der Waals surface area contributed by atoms with Gasteiger partial charge < -0.3 is 10.6 Å². The molecule has 1 aromatic rings. The number of urea groups is 1. The van der Waals surface area contributed by atoms with Crippen LogP contribution in [0.15, 0.2) is 18.2 Å². The SMILES string of the molecule is Cc1ccc(C#N)cc1NC(=O)N[C@H](C)C(C)C. The van der Waals surface area contributed by atoms with Crippen LogP contribution in [-0.4, -0.2) is 12.1 Å². The van der Waals surface area contributed by atoms with Crippen LogP contribution in [-0.2, 0) is 0 Å². The number of aryl methyl sites for hydroxylation is 1. The number of hydrogen-bond donors (Lipinski definition) is 2. The smallest absolute Gasteiger partial charge is 0.319 e. The van der Waals surface area contributed by atoms with Gasteiger partial charge in [0.1, 0.15) is 0 Å². The van der Waals surface area contributed by atoms with Crippen molar-refractivity contribution in [3.05, 3.63) is 29.3 Å². The summed E-state index contributed by atoms with van der Waals surface area (Å²) in [6.07, 6.45) is 0. The minimum atomic E-state index is -0.241. The van der Waals surface area contributed by atoms with Crippen LogP contribution < -0.4 is 10.6 Å². The first kappa shape index (κ1) is 14.0. The highest BCUT2D eigenvalue weighted by Gasteiger charge is 2.11. The van der Waals surface area contributed by atoms with Crippen molar-refractivity contribution in [3.63, 3.8) is 0 Å². The number of nitriles is 1. The molecule has 2 N–H and O–H groups in total. The third kappa shape index (κ3) is 3.77. The largest absolute Gasteiger partial charge is 0.335 e. The average molecular weight is 245 g/mol. The Morgan fingerprint density at radius 1 is 1.33 bits per heavy atom. The highest BCUT2D eigenvalue weighted by atomic mass is 16.2. The summed E-state index contributed by atoms with van der Waals surface area (Å²) >= 11 is 0. The number of nitrogens with zero attached hydrogens (tertiary/aromatic N) is 1. The van der Waals surface area contributed by atoms with Gasteiger partial charge in [-0.2, -0.15) is 5.26 Å². The summed E-state index contributed by atoms with van der Waals surface area (Å²) < 4.78 is 0. The first-order valence-corrected chi connectivity index (χ1v) is 6.02. The van der Waals surface area contributed by atoms with Crippen LogP contribution in [0.3, 0.4) is 0 Å². The Hall–Kier alpha value is -2.02. The molecule has 1 atom stereocenters. The van der Waals surface area contributed by atoms with E-state index in [1.54, 1.807) is 12.1 Å². The van der Waals surface area contributed by atoms with Crippen molar-refractivity contribution in [2.24, 2.45) is 5.92 Å². The van der Waals surface area contributed by atoms with E-state index in [4.69, 9.17) is 5.26 Å². The van der Waals surface area contributed by atoms with E-state index in [0.29, 0.717) is 17.2 Å². The number of benzene rings is 1. The van der Waals surface area contributed by atoms with Gasteiger partial charge in [0.2, 0.25) is 0 Å². The molecule has 0 heterocycles. The molecule has 1 aromatic carbocycles. The predicted molar refractivity (Wildman–Crippen MR) is 72.3 cm³/mol. The molecule has 0 bridgehead atoms. The van der Waals surface area contributed by atoms with Gasteiger partial charge in [0.25, 0.3) is 0 Å². The van der Waals surface area contributed by atoms with Crippen LogP contribution in [0.4, 0.5) is 10.5 Å². The minimum Gasteiger partial charge on any atom is -0.335 e. The van der Waals surface area contributed by atoms with Gasteiger partial charge in [-0.05, 0) is 37.5 Å². The lowest BCUT2D eigenvalue weighted by molar-refractivity contribution is 0.246. The monoisotopic (exact) mass is 245 g/mol. The molecule has 4 heteroatoms. The maximum Gasteiger partial charge on any atom is 0.319 e. The lowest BCUT2D eigenvalue weighted by Gasteiger charge is -2.18. The predicted octanol–water partition coefficient (Wildman–Crippen LogP) is 3.03. The van der Waals surface area contributed by atoms with E-state index in [-0.39, 0.29) is 12.1 Å². The van der Waals surface area contributed by atoms with Crippen LogP contribution >= 0.6 is 0 Å². The van der Waals surface area contributed by atoms with E-state index in [1.165, 1.54) is 0 Å². The van der Waals surface area contributed by atoms with Gasteiger partial charge in [-0.15, -0.1) is 0 Å². The summed E-state index contributed by atoms with van der Waals surface area (Å²) in [5, 5.41) is 14.5. The van der Waals surface area contributed by atoms with Gasteiger partial charge in [0, 0.05) is 11.7 Å². The molecule has 0 aliphatic carbocycles. The molecule has 0 saturated carbocycles. The molecule has 0 saturated heterocycles. The topological polar surface area (TPSA) is 64.9 Å². The number of amides is 2. The van der Waals surface area contributed by atoms with Gasteiger partial charge >= 0.3 is 6.03 Å². The molecule has 0 aliphatic rings. The van der Waals surface area contributed by atoms with Crippen LogP contribution in [0, 0.1) is 24.2 Å². The van der Waals surface area contributed by atoms with Gasteiger partial charge in [-0.3, -0.25) is 0 Å². The van der Waals surface area contributed by atoms with Crippen molar-refractivity contribution in [1.29, 1.82) is 5.26 Å². The second-order valence-corrected chi connectivity index (χ2v) is 4.77. The zero-order valence-electron chi connectivity index (χ0n) is 11.2. The molecule has 18 heavy (non-hydrogen) atoms. The van der Waals surface area contributed by atoms with Gasteiger partial charge in [0.15, 0.2) is 0 Å². The van der Waals surface area contributed by atoms with Gasteiger partial charge in [-0.25, -0.2) is 4.79 Å². The summed E-state index contributed by atoms with van der Waals surface area (Å²) in [5.74, 6) is 0.377. The van der Waals surface area contributed by atoms with Crippen molar-refractivity contribution >= 4 is 11.7 Å². The first-order valence-electron chi connectivity index (χ1n) is 6.02. The van der Waals surface area contributed by atoms with E-state index >= 15 is 0 Å². The fraction of sp³-hybridized carbons (Fsp3) is 0.429. The van der Waals surface area contributed by atoms with E-state index in [0.717, 1.165) is 5.56 Å². The highest BCUT2D eigenvalue weighted by Crippen LogP contribution is 2.16. The van der Waals surface area contributed by atoms with Crippen LogP contribution in [0.5, 0.6) is 0 Å². The van der Waals surface area contributed by atoms with E-state index < -0.39 is 0 Å². The molecule has 0 aliphatic heterocycles. The first-order chi connectivity index (χ1) is 8.43. The molecule has 0 fully saturated rings. The Morgan fingerprint density at radius 3 is 2.56 bits per heavy atom. The fourth-order valence-electron chi connectivity index (χ4n) is 1.36. The van der Waals surface area contributed by atoms with Crippen molar-refractivity contribution in [3.8, 4) is 6.07 Å². The molecule has 0 aromatic heterocycles. The van der Waals surface area contributed by atoms with Crippen LogP contribution in [0.2, 0.25) is 0 Å². The Labute approximate surface area is 108 Å². The van der Waals surface area contributed by atoms with Crippen molar-refractivity contribution in [2.75, 3.05) is 5.32 Å². The third-order valence-electron chi connectivity index (χ3n) is 2.97. The average Bonchev–Trinajstić information content (AvgIpc) is 2.31. The maximum atomic E-state index is 11.8. The number of carbonyl (C=O) groups excluding carboxylic acids is 1. The number of anilines is 1. The summed E-state index contributed by atoms with van der Waals surface area (Å²) in [7, 11) is 0. The lowest BCUT2D eigenvalue weighted by atomic mass is 10.1. The second-order valence-electron chi connectivity index (χ2n) is 4.77. The highest BCUT2D eigenvalue weighted by molar-refractivity contribution is 5.90. The lowest BCUT2D eigenvalue weighted by Crippen LogP contribution is -2.39. The maximum absolute atomic E-state index is 11.8. The van der Waals surface area contributed by atoms with Crippen molar-refractivity contribution in [1.82, 2.24) is 5.32 Å². The van der Waals surface area contributed by atoms with Crippen molar-refractivity contribution in [2.45, 2.75) is 33.7 Å². The number of carbonyl (C=O) groups is 1. The summed E-state index contributed by atoms with van der Waals surface area (Å²) in [4.78, 5) is 11.8. The Bertz CT molecular complexity index is 474. The Morgan fingerprint density at radius 2 is 2.00 bits per heavy atom. The third-order valence-corrected chi connectivity index (χ3v) is 2.97. The summed E-state index contributed by atoms with van der Waals surface area (Å²) in [6, 6.07) is 7.14. The molecule has 4 nitrogen and oxygen atoms in total.